The van der Waals surface area contributed by atoms with Crippen molar-refractivity contribution in [2.45, 2.75) is 38.6 Å². The van der Waals surface area contributed by atoms with E-state index in [9.17, 15) is 0 Å². The van der Waals surface area contributed by atoms with Crippen LogP contribution in [0.15, 0.2) is 12.1 Å². The van der Waals surface area contributed by atoms with Crippen molar-refractivity contribution in [3.63, 3.8) is 0 Å². The molecule has 0 bridgehead atoms. The van der Waals surface area contributed by atoms with Gasteiger partial charge in [0.15, 0.2) is 11.5 Å². The number of hydrogen-bond donors (Lipinski definition) is 1. The fourth-order valence-electron chi connectivity index (χ4n) is 2.96. The Balaban J connectivity index is 1.92. The minimum atomic E-state index is 0.332. The summed E-state index contributed by atoms with van der Waals surface area (Å²) in [6.07, 6.45) is 4.81. The maximum Gasteiger partial charge on any atom is 0.162 e. The lowest BCUT2D eigenvalue weighted by molar-refractivity contribution is 0.232. The van der Waals surface area contributed by atoms with Crippen LogP contribution in [0.3, 0.4) is 0 Å². The largest absolute Gasteiger partial charge is 0.490 e. The van der Waals surface area contributed by atoms with E-state index in [-0.39, 0.29) is 0 Å². The molecule has 0 aromatic heterocycles. The molecule has 0 saturated heterocycles. The van der Waals surface area contributed by atoms with Gasteiger partial charge in [0.25, 0.3) is 0 Å². The van der Waals surface area contributed by atoms with E-state index in [1.807, 2.05) is 6.07 Å². The normalized spacial score (nSPS) is 20.1. The van der Waals surface area contributed by atoms with Crippen molar-refractivity contribution in [2.24, 2.45) is 5.92 Å². The number of halogens is 1. The Morgan fingerprint density at radius 1 is 1.20 bits per heavy atom. The molecule has 2 aliphatic rings. The fourth-order valence-corrected chi connectivity index (χ4v) is 3.23. The highest BCUT2D eigenvalue weighted by atomic mass is 35.5. The molecule has 1 aliphatic carbocycles. The van der Waals surface area contributed by atoms with Crippen LogP contribution >= 0.6 is 11.6 Å². The predicted octanol–water partition coefficient (Wildman–Crippen LogP) is 3.95. The molecule has 1 fully saturated rings. The lowest BCUT2D eigenvalue weighted by atomic mass is 9.77. The molecule has 3 rings (SSSR count). The van der Waals surface area contributed by atoms with E-state index in [1.54, 1.807) is 0 Å². The molecule has 1 saturated carbocycles. The Bertz CT molecular complexity index is 474. The van der Waals surface area contributed by atoms with Crippen LogP contribution in [-0.2, 0) is 0 Å². The molecule has 1 aromatic rings. The van der Waals surface area contributed by atoms with Crippen molar-refractivity contribution >= 4 is 11.6 Å². The summed E-state index contributed by atoms with van der Waals surface area (Å²) in [6, 6.07) is 4.33. The lowest BCUT2D eigenvalue weighted by Gasteiger charge is -2.35. The molecule has 1 aliphatic heterocycles. The molecule has 3 nitrogen and oxygen atoms in total. The van der Waals surface area contributed by atoms with E-state index in [1.165, 1.54) is 19.3 Å². The third-order valence-corrected chi connectivity index (χ3v) is 4.57. The molecule has 1 N–H and O–H groups in total. The van der Waals surface area contributed by atoms with Gasteiger partial charge in [-0.2, -0.15) is 0 Å². The van der Waals surface area contributed by atoms with Gasteiger partial charge in [0.1, 0.15) is 0 Å². The molecule has 0 amide bonds. The summed E-state index contributed by atoms with van der Waals surface area (Å²) in [5.41, 5.74) is 1.16. The standard InChI is InChI=1S/C16H22ClNO2/c1-2-18-16(11-5-3-6-11)12-9-14-15(10-13(12)17)20-8-4-7-19-14/h9-11,16,18H,2-8H2,1H3. The van der Waals surface area contributed by atoms with Crippen LogP contribution in [0.1, 0.15) is 44.2 Å². The minimum absolute atomic E-state index is 0.332. The van der Waals surface area contributed by atoms with Crippen LogP contribution in [0.4, 0.5) is 0 Å². The molecule has 0 radical (unpaired) electrons. The Morgan fingerprint density at radius 2 is 1.90 bits per heavy atom. The van der Waals surface area contributed by atoms with Gasteiger partial charge in [0.05, 0.1) is 13.2 Å². The number of nitrogens with one attached hydrogen (secondary N) is 1. The third-order valence-electron chi connectivity index (χ3n) is 4.25. The average molecular weight is 296 g/mol. The molecule has 1 unspecified atom stereocenters. The second kappa shape index (κ2) is 6.23. The van der Waals surface area contributed by atoms with Crippen molar-refractivity contribution in [2.75, 3.05) is 19.8 Å². The first-order valence-corrected chi connectivity index (χ1v) is 8.00. The zero-order valence-electron chi connectivity index (χ0n) is 12.0. The van der Waals surface area contributed by atoms with Crippen LogP contribution < -0.4 is 14.8 Å². The summed E-state index contributed by atoms with van der Waals surface area (Å²) < 4.78 is 11.5. The molecule has 4 heteroatoms. The number of hydrogen-bond acceptors (Lipinski definition) is 3. The minimum Gasteiger partial charge on any atom is -0.490 e. The van der Waals surface area contributed by atoms with Crippen LogP contribution in [0.2, 0.25) is 5.02 Å². The van der Waals surface area contributed by atoms with Crippen LogP contribution in [0.25, 0.3) is 0 Å². The van der Waals surface area contributed by atoms with Crippen molar-refractivity contribution in [1.29, 1.82) is 0 Å². The van der Waals surface area contributed by atoms with E-state index >= 15 is 0 Å². The Labute approximate surface area is 125 Å². The van der Waals surface area contributed by atoms with Crippen LogP contribution in [-0.4, -0.2) is 19.8 Å². The smallest absolute Gasteiger partial charge is 0.162 e. The van der Waals surface area contributed by atoms with Crippen LogP contribution in [0, 0.1) is 5.92 Å². The molecule has 20 heavy (non-hydrogen) atoms. The molecule has 1 atom stereocenters. The van der Waals surface area contributed by atoms with Gasteiger partial charge in [-0.1, -0.05) is 24.9 Å². The maximum absolute atomic E-state index is 6.49. The number of ether oxygens (including phenoxy) is 2. The monoisotopic (exact) mass is 295 g/mol. The fraction of sp³-hybridized carbons (Fsp3) is 0.625. The summed E-state index contributed by atoms with van der Waals surface area (Å²) in [5, 5.41) is 4.37. The van der Waals surface area contributed by atoms with Gasteiger partial charge in [0.2, 0.25) is 0 Å². The number of fused-ring (bicyclic) bond motifs is 1. The third kappa shape index (κ3) is 2.75. The van der Waals surface area contributed by atoms with E-state index in [0.29, 0.717) is 25.2 Å². The second-order valence-corrected chi connectivity index (χ2v) is 6.00. The summed E-state index contributed by atoms with van der Waals surface area (Å²) in [5.74, 6) is 2.31. The average Bonchev–Trinajstić information content (AvgIpc) is 2.60. The number of rotatable bonds is 4. The number of benzene rings is 1. The predicted molar refractivity (Wildman–Crippen MR) is 80.8 cm³/mol. The summed E-state index contributed by atoms with van der Waals surface area (Å²) in [4.78, 5) is 0. The van der Waals surface area contributed by atoms with Gasteiger partial charge in [-0.25, -0.2) is 0 Å². The van der Waals surface area contributed by atoms with Crippen molar-refractivity contribution in [3.05, 3.63) is 22.7 Å². The van der Waals surface area contributed by atoms with Gasteiger partial charge in [-0.15, -0.1) is 0 Å². The first kappa shape index (κ1) is 14.0. The second-order valence-electron chi connectivity index (χ2n) is 5.60. The highest BCUT2D eigenvalue weighted by molar-refractivity contribution is 6.31. The summed E-state index contributed by atoms with van der Waals surface area (Å²) >= 11 is 6.49. The van der Waals surface area contributed by atoms with E-state index < -0.39 is 0 Å². The SMILES string of the molecule is CCNC(c1cc2c(cc1Cl)OCCCO2)C1CCC1. The quantitative estimate of drug-likeness (QED) is 0.912. The zero-order valence-corrected chi connectivity index (χ0v) is 12.7. The zero-order chi connectivity index (χ0) is 13.9. The molecule has 0 spiro atoms. The lowest BCUT2D eigenvalue weighted by Crippen LogP contribution is -2.32. The highest BCUT2D eigenvalue weighted by Gasteiger charge is 2.30. The van der Waals surface area contributed by atoms with Crippen molar-refractivity contribution < 1.29 is 9.47 Å². The Kier molecular flexibility index (Phi) is 4.37. The molecular weight excluding hydrogens is 274 g/mol. The topological polar surface area (TPSA) is 30.5 Å². The Hall–Kier alpha value is -0.930. The van der Waals surface area contributed by atoms with E-state index in [0.717, 1.165) is 35.1 Å². The van der Waals surface area contributed by atoms with E-state index in [2.05, 4.69) is 18.3 Å². The molecular formula is C16H22ClNO2. The molecule has 1 heterocycles. The van der Waals surface area contributed by atoms with Crippen LogP contribution in [0.5, 0.6) is 11.5 Å². The summed E-state index contributed by atoms with van der Waals surface area (Å²) in [7, 11) is 0. The first-order chi connectivity index (χ1) is 9.79. The maximum atomic E-state index is 6.49. The Morgan fingerprint density at radius 3 is 2.50 bits per heavy atom. The van der Waals surface area contributed by atoms with Gasteiger partial charge >= 0.3 is 0 Å². The van der Waals surface area contributed by atoms with Gasteiger partial charge < -0.3 is 14.8 Å². The molecule has 1 aromatic carbocycles. The molecule has 110 valence electrons. The van der Waals surface area contributed by atoms with Gasteiger partial charge in [-0.3, -0.25) is 0 Å². The summed E-state index contributed by atoms with van der Waals surface area (Å²) in [6.45, 7) is 4.50. The van der Waals surface area contributed by atoms with Crippen molar-refractivity contribution in [1.82, 2.24) is 5.32 Å². The van der Waals surface area contributed by atoms with E-state index in [4.69, 9.17) is 21.1 Å². The first-order valence-electron chi connectivity index (χ1n) is 7.62. The highest BCUT2D eigenvalue weighted by Crippen LogP contribution is 2.43. The van der Waals surface area contributed by atoms with Crippen molar-refractivity contribution in [3.8, 4) is 11.5 Å². The van der Waals surface area contributed by atoms with Gasteiger partial charge in [-0.05, 0) is 36.9 Å². The van der Waals surface area contributed by atoms with Gasteiger partial charge in [0, 0.05) is 23.6 Å².